The summed E-state index contributed by atoms with van der Waals surface area (Å²) < 4.78 is 0. The Morgan fingerprint density at radius 1 is 0.423 bits per heavy atom. The first-order valence-electron chi connectivity index (χ1n) is 19.5. The van der Waals surface area contributed by atoms with Gasteiger partial charge in [-0.3, -0.25) is 0 Å². The van der Waals surface area contributed by atoms with Gasteiger partial charge in [-0.2, -0.15) is 0 Å². The van der Waals surface area contributed by atoms with Gasteiger partial charge >= 0.3 is 0 Å². The van der Waals surface area contributed by atoms with Crippen LogP contribution in [0.3, 0.4) is 0 Å². The van der Waals surface area contributed by atoms with Crippen molar-refractivity contribution in [3.8, 4) is 45.2 Å². The molecular weight excluding hydrogens is 661 g/mol. The summed E-state index contributed by atoms with van der Waals surface area (Å²) in [6.07, 6.45) is 0. The summed E-state index contributed by atoms with van der Waals surface area (Å²) in [5.74, 6) is 7.85. The molecule has 1 aromatic heterocycles. The predicted octanol–water partition coefficient (Wildman–Crippen LogP) is 13.9. The second kappa shape index (κ2) is 13.3. The standard InChI is InChI=1S/C48H54N2Si2/c1-29(2)51(30(3)4,31(5)6)23-21-39-41-25-35-17-13-14-18-36(35)26-42(41)40(22-24-52(32(7)8,33(9)10)34(11)12)48-47(39)49-45-27-43-37-19-15-16-20-38(37)44(43)28-46(45)50-48/h13-20,25-34H,1-12H3. The summed E-state index contributed by atoms with van der Waals surface area (Å²) in [7, 11) is -4.13. The van der Waals surface area contributed by atoms with E-state index < -0.39 is 16.1 Å². The average Bonchev–Trinajstić information content (AvgIpc) is 3.09. The molecule has 0 unspecified atom stereocenters. The van der Waals surface area contributed by atoms with Crippen molar-refractivity contribution in [2.75, 3.05) is 0 Å². The Bertz CT molecular complexity index is 2300. The van der Waals surface area contributed by atoms with E-state index in [1.807, 2.05) is 0 Å². The molecule has 0 saturated heterocycles. The van der Waals surface area contributed by atoms with E-state index in [0.29, 0.717) is 33.2 Å². The van der Waals surface area contributed by atoms with E-state index in [1.165, 1.54) is 33.0 Å². The predicted molar refractivity (Wildman–Crippen MR) is 232 cm³/mol. The van der Waals surface area contributed by atoms with Crippen LogP contribution in [-0.4, -0.2) is 26.1 Å². The third-order valence-electron chi connectivity index (χ3n) is 12.7. The summed E-state index contributed by atoms with van der Waals surface area (Å²) >= 11 is 0. The van der Waals surface area contributed by atoms with Gasteiger partial charge in [0.1, 0.15) is 27.2 Å². The van der Waals surface area contributed by atoms with E-state index in [9.17, 15) is 0 Å². The minimum atomic E-state index is -2.06. The Morgan fingerprint density at radius 3 is 1.08 bits per heavy atom. The number of hydrogen-bond donors (Lipinski definition) is 0. The summed E-state index contributed by atoms with van der Waals surface area (Å²) in [5.41, 5.74) is 22.0. The lowest BCUT2D eigenvalue weighted by Gasteiger charge is -2.38. The van der Waals surface area contributed by atoms with E-state index >= 15 is 0 Å². The number of benzene rings is 5. The maximum atomic E-state index is 5.56. The molecule has 0 bridgehead atoms. The molecular formula is C48H54N2Si2. The van der Waals surface area contributed by atoms with Crippen LogP contribution in [0.4, 0.5) is 0 Å². The molecule has 2 nitrogen and oxygen atoms in total. The van der Waals surface area contributed by atoms with E-state index in [-0.39, 0.29) is 0 Å². The first-order valence-corrected chi connectivity index (χ1v) is 24.0. The van der Waals surface area contributed by atoms with Crippen molar-refractivity contribution >= 4 is 59.8 Å². The molecule has 7 rings (SSSR count). The quantitative estimate of drug-likeness (QED) is 0.0973. The number of rotatable bonds is 6. The fourth-order valence-electron chi connectivity index (χ4n) is 10.2. The lowest BCUT2D eigenvalue weighted by molar-refractivity contribution is 0.838. The van der Waals surface area contributed by atoms with Gasteiger partial charge in [-0.25, -0.2) is 9.97 Å². The Kier molecular flexibility index (Phi) is 9.26. The highest BCUT2D eigenvalue weighted by molar-refractivity contribution is 6.91. The summed E-state index contributed by atoms with van der Waals surface area (Å²) in [5, 5.41) is 4.68. The first-order chi connectivity index (χ1) is 24.7. The lowest BCUT2D eigenvalue weighted by atomic mass is 9.80. The first kappa shape index (κ1) is 36.1. The number of hydrogen-bond acceptors (Lipinski definition) is 2. The SMILES string of the molecule is CC(C)[Si](C#Cc1c2cc3ccccc3cc2c(C#C[Si](C(C)C)(C(C)C)C(C)C)c2nc3cc4c(cc3nc12)-c1ccccc1-4)(C(C)C)C(C)C. The molecule has 0 atom stereocenters. The largest absolute Gasteiger partial charge is 0.243 e. The van der Waals surface area contributed by atoms with Crippen LogP contribution in [0.25, 0.3) is 65.9 Å². The monoisotopic (exact) mass is 714 g/mol. The molecule has 1 aliphatic carbocycles. The Hall–Kier alpha value is -4.23. The topological polar surface area (TPSA) is 25.8 Å². The van der Waals surface area contributed by atoms with Crippen molar-refractivity contribution in [1.82, 2.24) is 9.97 Å². The van der Waals surface area contributed by atoms with Gasteiger partial charge in [0.25, 0.3) is 0 Å². The molecule has 1 heterocycles. The van der Waals surface area contributed by atoms with Crippen LogP contribution >= 0.6 is 0 Å². The van der Waals surface area contributed by atoms with Gasteiger partial charge in [0.15, 0.2) is 0 Å². The molecule has 4 heteroatoms. The van der Waals surface area contributed by atoms with Crippen LogP contribution in [0.1, 0.15) is 94.2 Å². The van der Waals surface area contributed by atoms with Crippen LogP contribution in [0.2, 0.25) is 33.2 Å². The van der Waals surface area contributed by atoms with Gasteiger partial charge in [-0.1, -0.05) is 143 Å². The van der Waals surface area contributed by atoms with Crippen molar-refractivity contribution in [3.63, 3.8) is 0 Å². The highest BCUT2D eigenvalue weighted by atomic mass is 28.3. The van der Waals surface area contributed by atoms with E-state index in [1.54, 1.807) is 0 Å². The van der Waals surface area contributed by atoms with Gasteiger partial charge in [-0.05, 0) is 90.5 Å². The fourth-order valence-corrected chi connectivity index (χ4v) is 20.6. The molecule has 264 valence electrons. The molecule has 0 fully saturated rings. The minimum Gasteiger partial charge on any atom is -0.243 e. The Balaban J connectivity index is 1.67. The van der Waals surface area contributed by atoms with Gasteiger partial charge in [0.2, 0.25) is 0 Å². The highest BCUT2D eigenvalue weighted by Gasteiger charge is 2.43. The zero-order valence-corrected chi connectivity index (χ0v) is 35.3. The van der Waals surface area contributed by atoms with E-state index in [4.69, 9.17) is 9.97 Å². The van der Waals surface area contributed by atoms with Gasteiger partial charge < -0.3 is 0 Å². The van der Waals surface area contributed by atoms with Crippen LogP contribution in [0, 0.1) is 22.9 Å². The van der Waals surface area contributed by atoms with Gasteiger partial charge in [0, 0.05) is 10.8 Å². The third kappa shape index (κ3) is 5.45. The molecule has 0 saturated carbocycles. The zero-order chi connectivity index (χ0) is 37.3. The lowest BCUT2D eigenvalue weighted by Crippen LogP contribution is -2.43. The van der Waals surface area contributed by atoms with Crippen molar-refractivity contribution < 1.29 is 0 Å². The molecule has 1 aliphatic rings. The Morgan fingerprint density at radius 2 is 0.750 bits per heavy atom. The second-order valence-electron chi connectivity index (χ2n) is 17.1. The number of aromatic nitrogens is 2. The molecule has 0 radical (unpaired) electrons. The minimum absolute atomic E-state index is 0.524. The highest BCUT2D eigenvalue weighted by Crippen LogP contribution is 2.49. The van der Waals surface area contributed by atoms with Crippen LogP contribution < -0.4 is 0 Å². The summed E-state index contributed by atoms with van der Waals surface area (Å²) in [4.78, 5) is 11.1. The zero-order valence-electron chi connectivity index (χ0n) is 33.3. The molecule has 0 spiro atoms. The van der Waals surface area contributed by atoms with Crippen molar-refractivity contribution in [2.24, 2.45) is 0 Å². The van der Waals surface area contributed by atoms with Gasteiger partial charge in [0.05, 0.1) is 22.2 Å². The molecule has 5 aromatic carbocycles. The average molecular weight is 715 g/mol. The fraction of sp³-hybridized carbons (Fsp3) is 0.375. The molecule has 6 aromatic rings. The number of nitrogens with zero attached hydrogens (tertiary/aromatic N) is 2. The van der Waals surface area contributed by atoms with Crippen molar-refractivity contribution in [1.29, 1.82) is 0 Å². The van der Waals surface area contributed by atoms with Gasteiger partial charge in [-0.15, -0.1) is 11.1 Å². The molecule has 0 amide bonds. The maximum absolute atomic E-state index is 5.56. The smallest absolute Gasteiger partial charge is 0.146 e. The molecule has 52 heavy (non-hydrogen) atoms. The maximum Gasteiger partial charge on any atom is 0.146 e. The van der Waals surface area contributed by atoms with E-state index in [2.05, 4.69) is 179 Å². The second-order valence-corrected chi connectivity index (χ2v) is 28.3. The van der Waals surface area contributed by atoms with Crippen LogP contribution in [-0.2, 0) is 0 Å². The van der Waals surface area contributed by atoms with Crippen LogP contribution in [0.15, 0.2) is 72.8 Å². The number of fused-ring (bicyclic) bond motifs is 8. The van der Waals surface area contributed by atoms with Crippen molar-refractivity contribution in [2.45, 2.75) is 116 Å². The third-order valence-corrected chi connectivity index (χ3v) is 25.3. The summed E-state index contributed by atoms with van der Waals surface area (Å²) in [6.45, 7) is 28.7. The van der Waals surface area contributed by atoms with Crippen molar-refractivity contribution in [3.05, 3.63) is 83.9 Å². The Labute approximate surface area is 313 Å². The normalized spacial score (nSPS) is 13.0. The van der Waals surface area contributed by atoms with Crippen LogP contribution in [0.5, 0.6) is 0 Å². The summed E-state index contributed by atoms with van der Waals surface area (Å²) in [6, 6.07) is 26.5. The molecule has 0 N–H and O–H groups in total. The molecule has 0 aliphatic heterocycles. The van der Waals surface area contributed by atoms with E-state index in [0.717, 1.165) is 44.0 Å².